The molecular formula is C25H27N3O. The first-order valence-electron chi connectivity index (χ1n) is 10.6. The van der Waals surface area contributed by atoms with Gasteiger partial charge in [0.25, 0.3) is 0 Å². The summed E-state index contributed by atoms with van der Waals surface area (Å²) >= 11 is 0. The largest absolute Gasteiger partial charge is 0.506 e. The van der Waals surface area contributed by atoms with Crippen LogP contribution in [-0.2, 0) is 0 Å². The number of benzene rings is 2. The number of hydrogen-bond donors (Lipinski definition) is 1. The van der Waals surface area contributed by atoms with Gasteiger partial charge in [0, 0.05) is 24.2 Å². The minimum atomic E-state index is 0.106. The number of aliphatic hydroxyl groups is 1. The molecule has 1 fully saturated rings. The second-order valence-electron chi connectivity index (χ2n) is 8.26. The summed E-state index contributed by atoms with van der Waals surface area (Å²) in [4.78, 5) is 2.48. The van der Waals surface area contributed by atoms with Gasteiger partial charge in [-0.2, -0.15) is 5.10 Å². The number of aliphatic hydroxyl groups excluding tert-OH is 1. The molecule has 0 bridgehead atoms. The molecule has 29 heavy (non-hydrogen) atoms. The molecule has 0 spiro atoms. The lowest BCUT2D eigenvalue weighted by atomic mass is 9.76. The highest BCUT2D eigenvalue weighted by Gasteiger charge is 2.46. The fraction of sp³-hybridized carbons (Fsp3) is 0.320. The zero-order chi connectivity index (χ0) is 19.8. The molecule has 2 aromatic carbocycles. The molecule has 0 aromatic heterocycles. The van der Waals surface area contributed by atoms with Crippen LogP contribution in [0.1, 0.15) is 43.2 Å². The average molecular weight is 386 g/mol. The van der Waals surface area contributed by atoms with Crippen LogP contribution in [0.25, 0.3) is 0 Å². The van der Waals surface area contributed by atoms with Crippen molar-refractivity contribution in [1.29, 1.82) is 0 Å². The van der Waals surface area contributed by atoms with Crippen LogP contribution >= 0.6 is 0 Å². The number of allylic oxidation sites excluding steroid dienone is 1. The molecule has 0 amide bonds. The first-order valence-corrected chi connectivity index (χ1v) is 10.6. The number of hydrazone groups is 1. The van der Waals surface area contributed by atoms with Crippen molar-refractivity contribution < 1.29 is 5.11 Å². The first-order chi connectivity index (χ1) is 14.2. The van der Waals surface area contributed by atoms with Crippen LogP contribution in [0.2, 0.25) is 0 Å². The van der Waals surface area contributed by atoms with Gasteiger partial charge in [-0.1, -0.05) is 60.7 Å². The number of rotatable bonds is 3. The lowest BCUT2D eigenvalue weighted by Crippen LogP contribution is -2.59. The van der Waals surface area contributed by atoms with Crippen molar-refractivity contribution in [2.75, 3.05) is 0 Å². The fourth-order valence-corrected chi connectivity index (χ4v) is 5.20. The van der Waals surface area contributed by atoms with Gasteiger partial charge < -0.3 is 10.0 Å². The van der Waals surface area contributed by atoms with E-state index in [0.29, 0.717) is 17.8 Å². The van der Waals surface area contributed by atoms with Gasteiger partial charge in [0.2, 0.25) is 0 Å². The Balaban J connectivity index is 1.68. The smallest absolute Gasteiger partial charge is 0.143 e. The summed E-state index contributed by atoms with van der Waals surface area (Å²) in [5.41, 5.74) is 3.37. The first kappa shape index (κ1) is 18.0. The molecule has 3 unspecified atom stereocenters. The third-order valence-corrected chi connectivity index (χ3v) is 6.55. The van der Waals surface area contributed by atoms with E-state index >= 15 is 0 Å². The maximum absolute atomic E-state index is 10.7. The molecular weight excluding hydrogens is 358 g/mol. The van der Waals surface area contributed by atoms with Crippen molar-refractivity contribution in [3.05, 3.63) is 95.5 Å². The zero-order valence-electron chi connectivity index (χ0n) is 16.7. The summed E-state index contributed by atoms with van der Waals surface area (Å²) < 4.78 is 0. The van der Waals surface area contributed by atoms with E-state index in [4.69, 9.17) is 5.10 Å². The summed E-state index contributed by atoms with van der Waals surface area (Å²) in [5, 5.41) is 17.5. The minimum absolute atomic E-state index is 0.106. The van der Waals surface area contributed by atoms with Gasteiger partial charge >= 0.3 is 0 Å². The minimum Gasteiger partial charge on any atom is -0.506 e. The van der Waals surface area contributed by atoms with Gasteiger partial charge in [-0.05, 0) is 37.3 Å². The van der Waals surface area contributed by atoms with Crippen LogP contribution in [-0.4, -0.2) is 39.4 Å². The second-order valence-corrected chi connectivity index (χ2v) is 8.26. The Labute approximate surface area is 172 Å². The standard InChI is InChI=1S/C25H27N3O/c1-18-9-8-14-21-25(28-22(17-27(18)21)23(29)15-16-26-28)24(19-10-4-2-5-11-19)20-12-6-3-7-13-20/h2-7,10-13,15-18,21,24-25,29H,8-9,14H2,1H3. The number of nitrogens with zero attached hydrogens (tertiary/aromatic N) is 3. The average Bonchev–Trinajstić information content (AvgIpc) is 2.76. The van der Waals surface area contributed by atoms with E-state index in [2.05, 4.69) is 83.7 Å². The molecule has 3 aliphatic rings. The monoisotopic (exact) mass is 385 g/mol. The summed E-state index contributed by atoms with van der Waals surface area (Å²) in [5.74, 6) is 0.447. The summed E-state index contributed by atoms with van der Waals surface area (Å²) in [6.07, 6.45) is 9.06. The molecule has 0 saturated carbocycles. The van der Waals surface area contributed by atoms with E-state index in [1.54, 1.807) is 12.3 Å². The summed E-state index contributed by atoms with van der Waals surface area (Å²) in [6.45, 7) is 2.29. The molecule has 0 aliphatic carbocycles. The Morgan fingerprint density at radius 3 is 2.28 bits per heavy atom. The lowest BCUT2D eigenvalue weighted by molar-refractivity contribution is 0.0368. The van der Waals surface area contributed by atoms with Crippen molar-refractivity contribution in [2.45, 2.75) is 50.2 Å². The third-order valence-electron chi connectivity index (χ3n) is 6.55. The molecule has 3 heterocycles. The predicted octanol–water partition coefficient (Wildman–Crippen LogP) is 5.03. The lowest BCUT2D eigenvalue weighted by Gasteiger charge is -2.53. The molecule has 2 aromatic rings. The van der Waals surface area contributed by atoms with E-state index in [1.165, 1.54) is 24.0 Å². The molecule has 3 aliphatic heterocycles. The van der Waals surface area contributed by atoms with Crippen LogP contribution in [0.15, 0.2) is 89.5 Å². The van der Waals surface area contributed by atoms with Crippen LogP contribution in [0.4, 0.5) is 0 Å². The fourth-order valence-electron chi connectivity index (χ4n) is 5.20. The van der Waals surface area contributed by atoms with Crippen molar-refractivity contribution in [3.63, 3.8) is 0 Å². The topological polar surface area (TPSA) is 39.1 Å². The van der Waals surface area contributed by atoms with Crippen molar-refractivity contribution >= 4 is 6.21 Å². The predicted molar refractivity (Wildman–Crippen MR) is 117 cm³/mol. The van der Waals surface area contributed by atoms with Crippen LogP contribution in [0, 0.1) is 0 Å². The van der Waals surface area contributed by atoms with E-state index in [-0.39, 0.29) is 12.0 Å². The van der Waals surface area contributed by atoms with Gasteiger partial charge in [-0.15, -0.1) is 0 Å². The molecule has 3 atom stereocenters. The van der Waals surface area contributed by atoms with E-state index in [9.17, 15) is 5.11 Å². The van der Waals surface area contributed by atoms with Gasteiger partial charge in [-0.3, -0.25) is 5.01 Å². The highest BCUT2D eigenvalue weighted by Crippen LogP contribution is 2.43. The Morgan fingerprint density at radius 1 is 0.966 bits per heavy atom. The van der Waals surface area contributed by atoms with Crippen molar-refractivity contribution in [1.82, 2.24) is 9.91 Å². The van der Waals surface area contributed by atoms with Crippen molar-refractivity contribution in [3.8, 4) is 0 Å². The molecule has 0 radical (unpaired) electrons. The quantitative estimate of drug-likeness (QED) is 0.806. The number of hydrogen-bond acceptors (Lipinski definition) is 4. The Kier molecular flexibility index (Phi) is 4.62. The van der Waals surface area contributed by atoms with Crippen molar-refractivity contribution in [2.24, 2.45) is 5.10 Å². The Morgan fingerprint density at radius 2 is 1.62 bits per heavy atom. The van der Waals surface area contributed by atoms with E-state index in [0.717, 1.165) is 12.1 Å². The van der Waals surface area contributed by atoms with Gasteiger partial charge in [0.15, 0.2) is 0 Å². The number of piperidine rings is 1. The van der Waals surface area contributed by atoms with Gasteiger partial charge in [0.1, 0.15) is 11.5 Å². The SMILES string of the molecule is CC1CCCC2C(C(c3ccccc3)c3ccccc3)N3N=CC=C(O)C3=CN12. The molecule has 5 rings (SSSR count). The molecule has 1 N–H and O–H groups in total. The molecule has 4 heteroatoms. The summed E-state index contributed by atoms with van der Waals surface area (Å²) in [6, 6.07) is 22.4. The molecule has 1 saturated heterocycles. The van der Waals surface area contributed by atoms with Crippen LogP contribution in [0.3, 0.4) is 0 Å². The normalized spacial score (nSPS) is 25.9. The van der Waals surface area contributed by atoms with Crippen LogP contribution < -0.4 is 0 Å². The zero-order valence-corrected chi connectivity index (χ0v) is 16.7. The van der Waals surface area contributed by atoms with Gasteiger partial charge in [-0.25, -0.2) is 0 Å². The van der Waals surface area contributed by atoms with E-state index in [1.807, 2.05) is 0 Å². The summed E-state index contributed by atoms with van der Waals surface area (Å²) in [7, 11) is 0. The Bertz CT molecular complexity index is 911. The Hall–Kier alpha value is -3.01. The molecule has 148 valence electrons. The highest BCUT2D eigenvalue weighted by molar-refractivity contribution is 5.74. The third kappa shape index (κ3) is 3.13. The van der Waals surface area contributed by atoms with Gasteiger partial charge in [0.05, 0.1) is 18.3 Å². The maximum atomic E-state index is 10.7. The van der Waals surface area contributed by atoms with E-state index < -0.39 is 0 Å². The molecule has 4 nitrogen and oxygen atoms in total. The number of fused-ring (bicyclic) bond motifs is 2. The van der Waals surface area contributed by atoms with Crippen LogP contribution in [0.5, 0.6) is 0 Å². The highest BCUT2D eigenvalue weighted by atomic mass is 16.3. The second kappa shape index (κ2) is 7.43. The maximum Gasteiger partial charge on any atom is 0.143 e.